The van der Waals surface area contributed by atoms with Crippen LogP contribution in [0.3, 0.4) is 0 Å². The second-order valence-corrected chi connectivity index (χ2v) is 10.9. The predicted molar refractivity (Wildman–Crippen MR) is 162 cm³/mol. The van der Waals surface area contributed by atoms with Gasteiger partial charge in [0.2, 0.25) is 0 Å². The van der Waals surface area contributed by atoms with Crippen molar-refractivity contribution in [1.29, 1.82) is 0 Å². The van der Waals surface area contributed by atoms with Crippen LogP contribution in [0, 0.1) is 0 Å². The number of anilines is 1. The Kier molecular flexibility index (Phi) is 7.81. The van der Waals surface area contributed by atoms with E-state index < -0.39 is 17.7 Å². The van der Waals surface area contributed by atoms with Crippen LogP contribution in [0.4, 0.5) is 5.13 Å². The molecule has 4 aromatic rings. The largest absolute Gasteiger partial charge is 0.507 e. The molecule has 1 aromatic heterocycles. The van der Waals surface area contributed by atoms with Crippen LogP contribution in [0.15, 0.2) is 60.2 Å². The molecule has 3 aromatic carbocycles. The molecule has 0 unspecified atom stereocenters. The lowest BCUT2D eigenvalue weighted by Crippen LogP contribution is -2.29. The Hall–Kier alpha value is -4.77. The number of nitrogens with zero attached hydrogens (tertiary/aromatic N) is 2. The minimum Gasteiger partial charge on any atom is -0.507 e. The number of ether oxygens (including phenoxy) is 5. The van der Waals surface area contributed by atoms with Gasteiger partial charge in [-0.3, -0.25) is 14.5 Å². The van der Waals surface area contributed by atoms with Gasteiger partial charge in [0.1, 0.15) is 24.7 Å². The summed E-state index contributed by atoms with van der Waals surface area (Å²) < 4.78 is 29.2. The van der Waals surface area contributed by atoms with Crippen molar-refractivity contribution in [3.8, 4) is 28.7 Å². The van der Waals surface area contributed by atoms with Gasteiger partial charge in [-0.2, -0.15) is 0 Å². The number of hydrogen-bond donors (Lipinski definition) is 1. The second-order valence-electron chi connectivity index (χ2n) is 9.85. The average molecular weight is 603 g/mol. The lowest BCUT2D eigenvalue weighted by Gasteiger charge is -2.24. The zero-order chi connectivity index (χ0) is 30.1. The van der Waals surface area contributed by atoms with Gasteiger partial charge in [-0.25, -0.2) is 4.98 Å². The minimum absolute atomic E-state index is 0.0804. The first-order valence-electron chi connectivity index (χ1n) is 14.0. The fraction of sp³-hybridized carbons (Fsp3) is 0.281. The van der Waals surface area contributed by atoms with E-state index in [0.29, 0.717) is 77.0 Å². The molecule has 11 heteroatoms. The summed E-state index contributed by atoms with van der Waals surface area (Å²) in [5.41, 5.74) is 1.42. The highest BCUT2D eigenvalue weighted by atomic mass is 32.1. The van der Waals surface area contributed by atoms with Gasteiger partial charge in [-0.05, 0) is 67.4 Å². The Morgan fingerprint density at radius 2 is 1.81 bits per heavy atom. The highest BCUT2D eigenvalue weighted by Crippen LogP contribution is 2.46. The van der Waals surface area contributed by atoms with E-state index in [4.69, 9.17) is 28.7 Å². The number of aliphatic hydroxyl groups excluding tert-OH is 1. The van der Waals surface area contributed by atoms with Gasteiger partial charge in [-0.1, -0.05) is 24.3 Å². The van der Waals surface area contributed by atoms with Crippen molar-refractivity contribution < 1.29 is 38.4 Å². The van der Waals surface area contributed by atoms with Crippen LogP contribution >= 0.6 is 11.3 Å². The molecule has 43 heavy (non-hydrogen) atoms. The van der Waals surface area contributed by atoms with Crippen LogP contribution in [0.1, 0.15) is 37.4 Å². The average Bonchev–Trinajstić information content (AvgIpc) is 3.57. The molecule has 0 spiro atoms. The van der Waals surface area contributed by atoms with Crippen molar-refractivity contribution in [1.82, 2.24) is 4.98 Å². The lowest BCUT2D eigenvalue weighted by molar-refractivity contribution is -0.132. The molecule has 3 heterocycles. The normalized spacial score (nSPS) is 17.4. The Labute approximate surface area is 252 Å². The molecule has 0 aliphatic carbocycles. The first-order valence-corrected chi connectivity index (χ1v) is 14.8. The number of ketones is 1. The van der Waals surface area contributed by atoms with Crippen LogP contribution in [0.25, 0.3) is 16.0 Å². The number of Topliss-reactive ketones (excluding diaryl/α,β-unsaturated/α-hetero) is 1. The SMILES string of the molecule is CCCOc1ccc([C@H]2/C(=C(\O)c3ccc4c(c3)OCCO4)C(=O)C(=O)N2c2nc3ccc(OC)cc3s2)cc1OCC. The maximum atomic E-state index is 13.8. The molecule has 0 radical (unpaired) electrons. The molecular weight excluding hydrogens is 572 g/mol. The van der Waals surface area contributed by atoms with E-state index in [-0.39, 0.29) is 11.3 Å². The van der Waals surface area contributed by atoms with Crippen LogP contribution < -0.4 is 28.6 Å². The van der Waals surface area contributed by atoms with E-state index in [0.717, 1.165) is 11.1 Å². The first kappa shape index (κ1) is 28.4. The van der Waals surface area contributed by atoms with Crippen molar-refractivity contribution in [2.75, 3.05) is 38.4 Å². The molecule has 2 aliphatic heterocycles. The Morgan fingerprint density at radius 3 is 2.58 bits per heavy atom. The first-order chi connectivity index (χ1) is 20.9. The molecule has 222 valence electrons. The van der Waals surface area contributed by atoms with Gasteiger partial charge < -0.3 is 28.8 Å². The zero-order valence-electron chi connectivity index (χ0n) is 23.9. The zero-order valence-corrected chi connectivity index (χ0v) is 24.7. The van der Waals surface area contributed by atoms with Gasteiger partial charge in [0.25, 0.3) is 5.78 Å². The molecule has 1 saturated heterocycles. The summed E-state index contributed by atoms with van der Waals surface area (Å²) in [4.78, 5) is 33.5. The van der Waals surface area contributed by atoms with Crippen molar-refractivity contribution in [2.45, 2.75) is 26.3 Å². The lowest BCUT2D eigenvalue weighted by atomic mass is 9.95. The standard InChI is InChI=1S/C32H30N2O8S/c1-4-12-40-22-10-6-18(15-24(22)39-5-2)28-27(29(35)19-7-11-23-25(16-19)42-14-13-41-23)30(36)31(37)34(28)32-33-21-9-8-20(38-3)17-26(21)43-32/h6-11,15-17,28,35H,4-5,12-14H2,1-3H3/b29-27+/t28-/m0/s1. The molecule has 1 fully saturated rings. The molecule has 6 rings (SSSR count). The van der Waals surface area contributed by atoms with E-state index in [2.05, 4.69) is 0 Å². The van der Waals surface area contributed by atoms with Gasteiger partial charge in [0, 0.05) is 5.56 Å². The van der Waals surface area contributed by atoms with Gasteiger partial charge in [-0.15, -0.1) is 0 Å². The molecule has 0 bridgehead atoms. The molecule has 10 nitrogen and oxygen atoms in total. The maximum absolute atomic E-state index is 13.8. The number of hydrogen-bond acceptors (Lipinski definition) is 10. The number of aromatic nitrogens is 1. The number of amides is 1. The number of benzene rings is 3. The number of rotatable bonds is 9. The van der Waals surface area contributed by atoms with Crippen LogP contribution in [-0.4, -0.2) is 55.3 Å². The van der Waals surface area contributed by atoms with Crippen molar-refractivity contribution in [3.63, 3.8) is 0 Å². The minimum atomic E-state index is -1.00. The fourth-order valence-corrected chi connectivity index (χ4v) is 6.13. The third kappa shape index (κ3) is 5.20. The summed E-state index contributed by atoms with van der Waals surface area (Å²) in [5.74, 6) is 0.651. The van der Waals surface area contributed by atoms with E-state index >= 15 is 0 Å². The summed E-state index contributed by atoms with van der Waals surface area (Å²) in [6, 6.07) is 14.6. The topological polar surface area (TPSA) is 117 Å². The van der Waals surface area contributed by atoms with E-state index in [9.17, 15) is 14.7 Å². The summed E-state index contributed by atoms with van der Waals surface area (Å²) in [6.07, 6.45) is 0.811. The van der Waals surface area contributed by atoms with E-state index in [1.807, 2.05) is 19.9 Å². The maximum Gasteiger partial charge on any atom is 0.301 e. The summed E-state index contributed by atoms with van der Waals surface area (Å²) in [6.45, 7) is 5.52. The molecule has 1 amide bonds. The van der Waals surface area contributed by atoms with E-state index in [1.54, 1.807) is 55.6 Å². The predicted octanol–water partition coefficient (Wildman–Crippen LogP) is 5.89. The number of fused-ring (bicyclic) bond motifs is 2. The Balaban J connectivity index is 1.53. The number of methoxy groups -OCH3 is 1. The van der Waals surface area contributed by atoms with Gasteiger partial charge in [0.05, 0.1) is 42.2 Å². The summed E-state index contributed by atoms with van der Waals surface area (Å²) >= 11 is 1.25. The van der Waals surface area contributed by atoms with Gasteiger partial charge in [0.15, 0.2) is 28.1 Å². The third-order valence-electron chi connectivity index (χ3n) is 7.10. The number of thiazole rings is 1. The van der Waals surface area contributed by atoms with Gasteiger partial charge >= 0.3 is 5.91 Å². The van der Waals surface area contributed by atoms with Crippen molar-refractivity contribution in [3.05, 3.63) is 71.3 Å². The molecule has 1 N–H and O–H groups in total. The van der Waals surface area contributed by atoms with E-state index in [1.165, 1.54) is 16.2 Å². The molecule has 2 aliphatic rings. The Bertz CT molecular complexity index is 1750. The third-order valence-corrected chi connectivity index (χ3v) is 8.11. The number of carbonyl (C=O) groups is 2. The fourth-order valence-electron chi connectivity index (χ4n) is 5.11. The monoisotopic (exact) mass is 602 g/mol. The van der Waals surface area contributed by atoms with Crippen molar-refractivity contribution in [2.24, 2.45) is 0 Å². The van der Waals surface area contributed by atoms with Crippen LogP contribution in [0.2, 0.25) is 0 Å². The van der Waals surface area contributed by atoms with Crippen LogP contribution in [-0.2, 0) is 9.59 Å². The molecule has 0 saturated carbocycles. The quantitative estimate of drug-likeness (QED) is 0.142. The Morgan fingerprint density at radius 1 is 1.00 bits per heavy atom. The second kappa shape index (κ2) is 11.8. The smallest absolute Gasteiger partial charge is 0.301 e. The summed E-state index contributed by atoms with van der Waals surface area (Å²) in [5, 5.41) is 12.0. The highest BCUT2D eigenvalue weighted by Gasteiger charge is 2.48. The number of aliphatic hydroxyl groups is 1. The molecule has 1 atom stereocenters. The van der Waals surface area contributed by atoms with Crippen LogP contribution in [0.5, 0.6) is 28.7 Å². The highest BCUT2D eigenvalue weighted by molar-refractivity contribution is 7.22. The number of carbonyl (C=O) groups excluding carboxylic acids is 2. The van der Waals surface area contributed by atoms with Crippen molar-refractivity contribution >= 4 is 44.1 Å². The molecular formula is C32H30N2O8S. The summed E-state index contributed by atoms with van der Waals surface area (Å²) in [7, 11) is 1.57.